The van der Waals surface area contributed by atoms with Crippen molar-refractivity contribution >= 4 is 23.5 Å². The number of aliphatic imine (C=N–C) groups is 1. The molecule has 2 aromatic rings. The van der Waals surface area contributed by atoms with Crippen LogP contribution in [0.15, 0.2) is 53.5 Å². The Labute approximate surface area is 152 Å². The van der Waals surface area contributed by atoms with Crippen molar-refractivity contribution in [2.45, 2.75) is 13.1 Å². The quantitative estimate of drug-likeness (QED) is 0.521. The molecule has 0 aliphatic carbocycles. The zero-order valence-electron chi connectivity index (χ0n) is 14.0. The van der Waals surface area contributed by atoms with E-state index in [2.05, 4.69) is 15.6 Å². The first-order valence-corrected chi connectivity index (χ1v) is 8.14. The molecule has 7 heteroatoms. The average molecular weight is 361 g/mol. The molecule has 1 amide bonds. The SMILES string of the molecule is CN=C(NCc1cccc(OCC(N)=O)c1)NCc1ccccc1Cl. The van der Waals surface area contributed by atoms with Gasteiger partial charge in [-0.2, -0.15) is 0 Å². The van der Waals surface area contributed by atoms with E-state index in [0.717, 1.165) is 11.1 Å². The van der Waals surface area contributed by atoms with Gasteiger partial charge in [-0.25, -0.2) is 0 Å². The number of hydrogen-bond acceptors (Lipinski definition) is 3. The van der Waals surface area contributed by atoms with Crippen molar-refractivity contribution in [1.29, 1.82) is 0 Å². The molecule has 0 heterocycles. The molecule has 0 atom stereocenters. The van der Waals surface area contributed by atoms with Crippen molar-refractivity contribution in [2.75, 3.05) is 13.7 Å². The van der Waals surface area contributed by atoms with Gasteiger partial charge in [0.1, 0.15) is 5.75 Å². The molecule has 0 unspecified atom stereocenters. The highest BCUT2D eigenvalue weighted by molar-refractivity contribution is 6.31. The number of halogens is 1. The Balaban J connectivity index is 1.87. The summed E-state index contributed by atoms with van der Waals surface area (Å²) in [5.74, 6) is 0.744. The topological polar surface area (TPSA) is 88.7 Å². The van der Waals surface area contributed by atoms with Gasteiger partial charge >= 0.3 is 0 Å². The highest BCUT2D eigenvalue weighted by Crippen LogP contribution is 2.14. The van der Waals surface area contributed by atoms with E-state index in [1.54, 1.807) is 13.1 Å². The fourth-order valence-corrected chi connectivity index (χ4v) is 2.33. The number of amides is 1. The smallest absolute Gasteiger partial charge is 0.255 e. The summed E-state index contributed by atoms with van der Waals surface area (Å²) in [7, 11) is 1.70. The highest BCUT2D eigenvalue weighted by Gasteiger charge is 2.03. The summed E-state index contributed by atoms with van der Waals surface area (Å²) in [6.45, 7) is 0.981. The van der Waals surface area contributed by atoms with E-state index in [1.165, 1.54) is 0 Å². The Morgan fingerprint density at radius 1 is 1.16 bits per heavy atom. The zero-order valence-corrected chi connectivity index (χ0v) is 14.7. The van der Waals surface area contributed by atoms with Crippen molar-refractivity contribution in [3.05, 3.63) is 64.7 Å². The molecule has 0 aliphatic rings. The van der Waals surface area contributed by atoms with Crippen LogP contribution in [0.1, 0.15) is 11.1 Å². The van der Waals surface area contributed by atoms with E-state index in [9.17, 15) is 4.79 Å². The van der Waals surface area contributed by atoms with Gasteiger partial charge in [0.2, 0.25) is 0 Å². The molecule has 6 nitrogen and oxygen atoms in total. The Morgan fingerprint density at radius 3 is 2.64 bits per heavy atom. The molecule has 0 saturated heterocycles. The lowest BCUT2D eigenvalue weighted by atomic mass is 10.2. The minimum Gasteiger partial charge on any atom is -0.484 e. The maximum Gasteiger partial charge on any atom is 0.255 e. The fourth-order valence-electron chi connectivity index (χ4n) is 2.13. The summed E-state index contributed by atoms with van der Waals surface area (Å²) in [4.78, 5) is 15.0. The van der Waals surface area contributed by atoms with Crippen LogP contribution in [0.2, 0.25) is 5.02 Å². The second-order valence-corrected chi connectivity index (χ2v) is 5.68. The van der Waals surface area contributed by atoms with Gasteiger partial charge in [0.15, 0.2) is 12.6 Å². The van der Waals surface area contributed by atoms with Crippen LogP contribution >= 0.6 is 11.6 Å². The van der Waals surface area contributed by atoms with Gasteiger partial charge in [-0.15, -0.1) is 0 Å². The molecule has 0 spiro atoms. The molecule has 4 N–H and O–H groups in total. The molecule has 0 radical (unpaired) electrons. The monoisotopic (exact) mass is 360 g/mol. The molecule has 0 bridgehead atoms. The number of nitrogens with zero attached hydrogens (tertiary/aromatic N) is 1. The summed E-state index contributed by atoms with van der Waals surface area (Å²) in [5, 5.41) is 7.14. The predicted molar refractivity (Wildman–Crippen MR) is 99.6 cm³/mol. The lowest BCUT2D eigenvalue weighted by molar-refractivity contribution is -0.119. The van der Waals surface area contributed by atoms with Gasteiger partial charge in [0, 0.05) is 25.2 Å². The van der Waals surface area contributed by atoms with Crippen LogP contribution in [0.3, 0.4) is 0 Å². The molecule has 0 saturated carbocycles. The molecule has 0 aliphatic heterocycles. The average Bonchev–Trinajstić information content (AvgIpc) is 2.62. The second kappa shape index (κ2) is 9.54. The van der Waals surface area contributed by atoms with Crippen molar-refractivity contribution in [2.24, 2.45) is 10.7 Å². The summed E-state index contributed by atoms with van der Waals surface area (Å²) in [5.41, 5.74) is 7.06. The minimum atomic E-state index is -0.507. The Bertz CT molecular complexity index is 749. The first kappa shape index (κ1) is 18.6. The number of primary amides is 1. The Kier molecular flexibility index (Phi) is 7.10. The first-order chi connectivity index (χ1) is 12.1. The van der Waals surface area contributed by atoms with E-state index in [0.29, 0.717) is 29.8 Å². The van der Waals surface area contributed by atoms with Crippen LogP contribution in [0, 0.1) is 0 Å². The number of nitrogens with two attached hydrogens (primary N) is 1. The van der Waals surface area contributed by atoms with Crippen LogP contribution < -0.4 is 21.1 Å². The van der Waals surface area contributed by atoms with E-state index >= 15 is 0 Å². The molecule has 25 heavy (non-hydrogen) atoms. The molecular weight excluding hydrogens is 340 g/mol. The number of benzene rings is 2. The molecule has 2 rings (SSSR count). The van der Waals surface area contributed by atoms with Crippen LogP contribution in [0.25, 0.3) is 0 Å². The highest BCUT2D eigenvalue weighted by atomic mass is 35.5. The van der Waals surface area contributed by atoms with Gasteiger partial charge in [-0.05, 0) is 29.3 Å². The molecule has 2 aromatic carbocycles. The lowest BCUT2D eigenvalue weighted by Crippen LogP contribution is -2.36. The van der Waals surface area contributed by atoms with E-state index in [-0.39, 0.29) is 6.61 Å². The van der Waals surface area contributed by atoms with Crippen LogP contribution in [0.4, 0.5) is 0 Å². The fraction of sp³-hybridized carbons (Fsp3) is 0.222. The molecule has 0 fully saturated rings. The van der Waals surface area contributed by atoms with Gasteiger partial charge in [-0.1, -0.05) is 41.9 Å². The molecule has 132 valence electrons. The van der Waals surface area contributed by atoms with Crippen molar-refractivity contribution in [3.63, 3.8) is 0 Å². The number of rotatable bonds is 7. The molecule has 0 aromatic heterocycles. The maximum absolute atomic E-state index is 10.8. The maximum atomic E-state index is 10.8. The Hall–Kier alpha value is -2.73. The van der Waals surface area contributed by atoms with E-state index in [4.69, 9.17) is 22.1 Å². The number of carbonyl (C=O) groups excluding carboxylic acids is 1. The van der Waals surface area contributed by atoms with Gasteiger partial charge in [0.05, 0.1) is 0 Å². The summed E-state index contributed by atoms with van der Waals surface area (Å²) in [6, 6.07) is 15.1. The van der Waals surface area contributed by atoms with Gasteiger partial charge in [0.25, 0.3) is 5.91 Å². The standard InChI is InChI=1S/C18H21ClN4O2/c1-21-18(23-11-14-6-2-3-8-16(14)19)22-10-13-5-4-7-15(9-13)25-12-17(20)24/h2-9H,10-12H2,1H3,(H2,20,24)(H2,21,22,23). The predicted octanol–water partition coefficient (Wildman–Crippen LogP) is 2.07. The summed E-state index contributed by atoms with van der Waals surface area (Å²) in [6.07, 6.45) is 0. The van der Waals surface area contributed by atoms with Crippen molar-refractivity contribution < 1.29 is 9.53 Å². The summed E-state index contributed by atoms with van der Waals surface area (Å²) >= 11 is 6.15. The number of guanidine groups is 1. The van der Waals surface area contributed by atoms with Crippen LogP contribution in [-0.4, -0.2) is 25.5 Å². The normalized spacial score (nSPS) is 11.0. The first-order valence-electron chi connectivity index (χ1n) is 7.76. The lowest BCUT2D eigenvalue weighted by Gasteiger charge is -2.13. The number of ether oxygens (including phenoxy) is 1. The number of nitrogens with one attached hydrogen (secondary N) is 2. The van der Waals surface area contributed by atoms with E-state index < -0.39 is 5.91 Å². The van der Waals surface area contributed by atoms with Crippen LogP contribution in [-0.2, 0) is 17.9 Å². The van der Waals surface area contributed by atoms with E-state index in [1.807, 2.05) is 42.5 Å². The third-order valence-electron chi connectivity index (χ3n) is 3.37. The van der Waals surface area contributed by atoms with Gasteiger partial charge < -0.3 is 21.1 Å². The number of carbonyl (C=O) groups is 1. The third kappa shape index (κ3) is 6.35. The van der Waals surface area contributed by atoms with Crippen LogP contribution in [0.5, 0.6) is 5.75 Å². The third-order valence-corrected chi connectivity index (χ3v) is 3.74. The van der Waals surface area contributed by atoms with Crippen molar-refractivity contribution in [3.8, 4) is 5.75 Å². The number of hydrogen-bond donors (Lipinski definition) is 3. The largest absolute Gasteiger partial charge is 0.484 e. The summed E-state index contributed by atoms with van der Waals surface area (Å²) < 4.78 is 5.30. The van der Waals surface area contributed by atoms with Gasteiger partial charge in [-0.3, -0.25) is 9.79 Å². The molecular formula is C18H21ClN4O2. The minimum absolute atomic E-state index is 0.141. The Morgan fingerprint density at radius 2 is 1.92 bits per heavy atom. The van der Waals surface area contributed by atoms with Crippen molar-refractivity contribution in [1.82, 2.24) is 10.6 Å². The zero-order chi connectivity index (χ0) is 18.1. The second-order valence-electron chi connectivity index (χ2n) is 5.27.